The summed E-state index contributed by atoms with van der Waals surface area (Å²) < 4.78 is 16.0. The third-order valence-corrected chi connectivity index (χ3v) is 5.47. The van der Waals surface area contributed by atoms with Crippen molar-refractivity contribution in [2.75, 3.05) is 19.0 Å². The molecule has 0 aromatic heterocycles. The number of para-hydroxylation sites is 2. The zero-order valence-electron chi connectivity index (χ0n) is 16.4. The van der Waals surface area contributed by atoms with Crippen LogP contribution in [-0.4, -0.2) is 42.9 Å². The summed E-state index contributed by atoms with van der Waals surface area (Å²) in [6, 6.07) is 20.8. The van der Waals surface area contributed by atoms with Crippen molar-refractivity contribution in [1.82, 2.24) is 5.32 Å². The first-order valence-electron chi connectivity index (χ1n) is 9.58. The number of benzene rings is 3. The van der Waals surface area contributed by atoms with Crippen LogP contribution in [0.3, 0.4) is 0 Å². The molecule has 0 saturated heterocycles. The lowest BCUT2D eigenvalue weighted by molar-refractivity contribution is -0.148. The van der Waals surface area contributed by atoms with Gasteiger partial charge in [-0.1, -0.05) is 42.5 Å². The molecular weight excluding hydrogens is 418 g/mol. The standard InChI is InChI=1S/C23H19NO6S/c25-21(24-23(27)20-12-28-18-7-3-4-8-19(18)30-20)13-29-22(26)14-31-17-10-9-15-5-1-2-6-16(15)11-17/h1-11,20H,12-14H2,(H,24,25,27). The molecule has 1 N–H and O–H groups in total. The smallest absolute Gasteiger partial charge is 0.316 e. The Hall–Kier alpha value is -3.52. The first-order chi connectivity index (χ1) is 15.1. The zero-order valence-corrected chi connectivity index (χ0v) is 17.2. The monoisotopic (exact) mass is 437 g/mol. The average molecular weight is 437 g/mol. The van der Waals surface area contributed by atoms with E-state index in [2.05, 4.69) is 5.32 Å². The number of amides is 2. The van der Waals surface area contributed by atoms with Crippen LogP contribution >= 0.6 is 11.8 Å². The molecule has 1 atom stereocenters. The van der Waals surface area contributed by atoms with Crippen molar-refractivity contribution >= 4 is 40.3 Å². The van der Waals surface area contributed by atoms with E-state index in [9.17, 15) is 14.4 Å². The summed E-state index contributed by atoms with van der Waals surface area (Å²) in [6.07, 6.45) is -0.960. The summed E-state index contributed by atoms with van der Waals surface area (Å²) in [5.41, 5.74) is 0. The second kappa shape index (κ2) is 9.53. The molecule has 0 bridgehead atoms. The van der Waals surface area contributed by atoms with Crippen LogP contribution in [0.1, 0.15) is 0 Å². The summed E-state index contributed by atoms with van der Waals surface area (Å²) in [7, 11) is 0. The van der Waals surface area contributed by atoms with Gasteiger partial charge in [-0.25, -0.2) is 0 Å². The molecule has 3 aromatic rings. The number of hydrogen-bond donors (Lipinski definition) is 1. The van der Waals surface area contributed by atoms with Crippen LogP contribution in [0.4, 0.5) is 0 Å². The maximum Gasteiger partial charge on any atom is 0.316 e. The fraction of sp³-hybridized carbons (Fsp3) is 0.174. The Bertz CT molecular complexity index is 1130. The molecule has 3 aromatic carbocycles. The molecule has 0 aliphatic carbocycles. The quantitative estimate of drug-likeness (QED) is 0.468. The predicted octanol–water partition coefficient (Wildman–Crippen LogP) is 2.96. The highest BCUT2D eigenvalue weighted by molar-refractivity contribution is 8.00. The second-order valence-electron chi connectivity index (χ2n) is 6.73. The Kier molecular flexibility index (Phi) is 6.37. The van der Waals surface area contributed by atoms with Crippen molar-refractivity contribution < 1.29 is 28.6 Å². The minimum atomic E-state index is -0.960. The summed E-state index contributed by atoms with van der Waals surface area (Å²) in [5, 5.41) is 4.36. The van der Waals surface area contributed by atoms with Gasteiger partial charge in [0.25, 0.3) is 11.8 Å². The second-order valence-corrected chi connectivity index (χ2v) is 7.78. The van der Waals surface area contributed by atoms with Gasteiger partial charge < -0.3 is 14.2 Å². The van der Waals surface area contributed by atoms with Gasteiger partial charge in [0.2, 0.25) is 6.10 Å². The van der Waals surface area contributed by atoms with Gasteiger partial charge in [0.05, 0.1) is 5.75 Å². The molecule has 1 unspecified atom stereocenters. The number of nitrogens with one attached hydrogen (secondary N) is 1. The highest BCUT2D eigenvalue weighted by Crippen LogP contribution is 2.30. The summed E-state index contributed by atoms with van der Waals surface area (Å²) >= 11 is 1.32. The lowest BCUT2D eigenvalue weighted by atomic mass is 10.1. The molecule has 158 valence electrons. The maximum absolute atomic E-state index is 12.2. The van der Waals surface area contributed by atoms with Gasteiger partial charge in [0.15, 0.2) is 18.1 Å². The predicted molar refractivity (Wildman–Crippen MR) is 115 cm³/mol. The average Bonchev–Trinajstić information content (AvgIpc) is 2.81. The van der Waals surface area contributed by atoms with E-state index in [0.717, 1.165) is 15.7 Å². The number of hydrogen-bond acceptors (Lipinski definition) is 7. The largest absolute Gasteiger partial charge is 0.485 e. The molecule has 1 aliphatic heterocycles. The number of carbonyl (C=O) groups excluding carboxylic acids is 3. The van der Waals surface area contributed by atoms with Crippen LogP contribution in [0.25, 0.3) is 10.8 Å². The Morgan fingerprint density at radius 2 is 1.71 bits per heavy atom. The first-order valence-corrected chi connectivity index (χ1v) is 10.6. The van der Waals surface area contributed by atoms with E-state index < -0.39 is 30.5 Å². The molecule has 31 heavy (non-hydrogen) atoms. The molecule has 0 radical (unpaired) electrons. The van der Waals surface area contributed by atoms with Gasteiger partial charge in [-0.15, -0.1) is 11.8 Å². The van der Waals surface area contributed by atoms with Crippen molar-refractivity contribution in [3.8, 4) is 11.5 Å². The molecule has 8 heteroatoms. The Balaban J connectivity index is 1.20. The number of rotatable bonds is 6. The number of carbonyl (C=O) groups is 3. The Morgan fingerprint density at radius 1 is 0.968 bits per heavy atom. The molecule has 0 fully saturated rings. The number of ether oxygens (including phenoxy) is 3. The fourth-order valence-corrected chi connectivity index (χ4v) is 3.73. The van der Waals surface area contributed by atoms with Crippen LogP contribution in [0.2, 0.25) is 0 Å². The number of fused-ring (bicyclic) bond motifs is 2. The molecule has 7 nitrogen and oxygen atoms in total. The third kappa shape index (κ3) is 5.35. The SMILES string of the molecule is O=C(COC(=O)CSc1ccc2ccccc2c1)NC(=O)C1COc2ccccc2O1. The van der Waals surface area contributed by atoms with Gasteiger partial charge in [-0.05, 0) is 35.0 Å². The Morgan fingerprint density at radius 3 is 2.55 bits per heavy atom. The van der Waals surface area contributed by atoms with Gasteiger partial charge in [-0.2, -0.15) is 0 Å². The van der Waals surface area contributed by atoms with E-state index in [-0.39, 0.29) is 12.4 Å². The molecular formula is C23H19NO6S. The van der Waals surface area contributed by atoms with Crippen LogP contribution in [0, 0.1) is 0 Å². The van der Waals surface area contributed by atoms with Crippen molar-refractivity contribution in [3.63, 3.8) is 0 Å². The number of imide groups is 1. The maximum atomic E-state index is 12.2. The van der Waals surface area contributed by atoms with Crippen molar-refractivity contribution in [2.45, 2.75) is 11.0 Å². The van der Waals surface area contributed by atoms with Gasteiger partial charge >= 0.3 is 5.97 Å². The van der Waals surface area contributed by atoms with E-state index in [1.54, 1.807) is 24.3 Å². The third-order valence-electron chi connectivity index (χ3n) is 4.51. The molecule has 0 spiro atoms. The lowest BCUT2D eigenvalue weighted by Crippen LogP contribution is -2.47. The Labute approximate surface area is 182 Å². The fourth-order valence-electron chi connectivity index (χ4n) is 2.99. The molecule has 1 aliphatic rings. The van der Waals surface area contributed by atoms with Crippen LogP contribution in [-0.2, 0) is 19.1 Å². The first kappa shape index (κ1) is 20.7. The minimum absolute atomic E-state index is 0.0156. The molecule has 1 heterocycles. The lowest BCUT2D eigenvalue weighted by Gasteiger charge is -2.25. The highest BCUT2D eigenvalue weighted by Gasteiger charge is 2.28. The van der Waals surface area contributed by atoms with Crippen LogP contribution < -0.4 is 14.8 Å². The topological polar surface area (TPSA) is 90.9 Å². The van der Waals surface area contributed by atoms with E-state index >= 15 is 0 Å². The van der Waals surface area contributed by atoms with Gasteiger partial charge in [-0.3, -0.25) is 19.7 Å². The normalized spacial score (nSPS) is 14.6. The van der Waals surface area contributed by atoms with E-state index in [1.165, 1.54) is 11.8 Å². The summed E-state index contributed by atoms with van der Waals surface area (Å²) in [6.45, 7) is -0.564. The van der Waals surface area contributed by atoms with Crippen molar-refractivity contribution in [2.24, 2.45) is 0 Å². The van der Waals surface area contributed by atoms with E-state index in [4.69, 9.17) is 14.2 Å². The van der Waals surface area contributed by atoms with Crippen LogP contribution in [0.15, 0.2) is 71.6 Å². The van der Waals surface area contributed by atoms with Crippen LogP contribution in [0.5, 0.6) is 11.5 Å². The molecule has 0 saturated carbocycles. The van der Waals surface area contributed by atoms with Crippen molar-refractivity contribution in [3.05, 3.63) is 66.7 Å². The summed E-state index contributed by atoms with van der Waals surface area (Å²) in [5.74, 6) is -0.908. The molecule has 4 rings (SSSR count). The number of esters is 1. The zero-order chi connectivity index (χ0) is 21.6. The highest BCUT2D eigenvalue weighted by atomic mass is 32.2. The van der Waals surface area contributed by atoms with Crippen molar-refractivity contribution in [1.29, 1.82) is 0 Å². The number of thioether (sulfide) groups is 1. The summed E-state index contributed by atoms with van der Waals surface area (Å²) in [4.78, 5) is 37.0. The minimum Gasteiger partial charge on any atom is -0.485 e. The van der Waals surface area contributed by atoms with Gasteiger partial charge in [0.1, 0.15) is 6.61 Å². The molecule has 2 amide bonds. The van der Waals surface area contributed by atoms with E-state index in [1.807, 2.05) is 42.5 Å². The van der Waals surface area contributed by atoms with Gasteiger partial charge in [0, 0.05) is 4.90 Å². The van der Waals surface area contributed by atoms with E-state index in [0.29, 0.717) is 11.5 Å².